The zero-order valence-corrected chi connectivity index (χ0v) is 11.7. The molecule has 3 aromatic rings. The molecule has 0 spiro atoms. The molecule has 0 radical (unpaired) electrons. The third-order valence-corrected chi connectivity index (χ3v) is 3.12. The molecule has 2 N–H and O–H groups in total. The molecule has 0 aliphatic heterocycles. The molecule has 106 valence electrons. The molecule has 3 rings (SSSR count). The minimum Gasteiger partial charge on any atom is -0.494 e. The molecule has 0 bridgehead atoms. The van der Waals surface area contributed by atoms with E-state index < -0.39 is 0 Å². The number of ether oxygens (including phenoxy) is 1. The van der Waals surface area contributed by atoms with Gasteiger partial charge in [0.05, 0.1) is 30.5 Å². The lowest BCUT2D eigenvalue weighted by molar-refractivity contribution is 0.340. The van der Waals surface area contributed by atoms with E-state index in [0.29, 0.717) is 12.4 Å². The summed E-state index contributed by atoms with van der Waals surface area (Å²) in [5.41, 5.74) is 8.68. The van der Waals surface area contributed by atoms with E-state index in [1.54, 1.807) is 12.5 Å². The van der Waals surface area contributed by atoms with Crippen molar-refractivity contribution < 1.29 is 4.74 Å². The van der Waals surface area contributed by atoms with Crippen molar-refractivity contribution in [2.24, 2.45) is 0 Å². The van der Waals surface area contributed by atoms with Crippen LogP contribution in [0, 0.1) is 0 Å². The maximum atomic E-state index is 5.76. The van der Waals surface area contributed by atoms with Crippen molar-refractivity contribution >= 4 is 5.82 Å². The van der Waals surface area contributed by atoms with E-state index in [4.69, 9.17) is 10.5 Å². The number of nitrogens with two attached hydrogens (primary N) is 1. The predicted octanol–water partition coefficient (Wildman–Crippen LogP) is 2.92. The van der Waals surface area contributed by atoms with Crippen molar-refractivity contribution in [1.82, 2.24) is 14.5 Å². The van der Waals surface area contributed by atoms with Gasteiger partial charge in [-0.05, 0) is 31.2 Å². The maximum Gasteiger partial charge on any atom is 0.123 e. The van der Waals surface area contributed by atoms with Gasteiger partial charge in [0, 0.05) is 17.8 Å². The first-order chi connectivity index (χ1) is 10.3. The summed E-state index contributed by atoms with van der Waals surface area (Å²) >= 11 is 0. The molecule has 2 aromatic heterocycles. The first kappa shape index (κ1) is 13.2. The highest BCUT2D eigenvalue weighted by molar-refractivity contribution is 5.64. The average Bonchev–Trinajstić information content (AvgIpc) is 2.97. The molecule has 5 nitrogen and oxygen atoms in total. The molecule has 0 saturated heterocycles. The van der Waals surface area contributed by atoms with Gasteiger partial charge in [0.1, 0.15) is 11.6 Å². The highest BCUT2D eigenvalue weighted by Crippen LogP contribution is 2.25. The molecular weight excluding hydrogens is 264 g/mol. The van der Waals surface area contributed by atoms with Crippen molar-refractivity contribution in [3.8, 4) is 22.7 Å². The Hall–Kier alpha value is -2.82. The van der Waals surface area contributed by atoms with Crippen molar-refractivity contribution in [3.63, 3.8) is 0 Å². The quantitative estimate of drug-likeness (QED) is 0.798. The fourth-order valence-electron chi connectivity index (χ4n) is 2.21. The van der Waals surface area contributed by atoms with Gasteiger partial charge in [0.2, 0.25) is 0 Å². The van der Waals surface area contributed by atoms with Gasteiger partial charge in [-0.15, -0.1) is 0 Å². The number of nitrogen functional groups attached to an aromatic ring is 1. The Balaban J connectivity index is 2.05. The van der Waals surface area contributed by atoms with Crippen LogP contribution in [0.1, 0.15) is 6.92 Å². The third kappa shape index (κ3) is 2.72. The molecule has 0 atom stereocenters. The van der Waals surface area contributed by atoms with E-state index >= 15 is 0 Å². The highest BCUT2D eigenvalue weighted by atomic mass is 16.5. The maximum absolute atomic E-state index is 5.76. The lowest BCUT2D eigenvalue weighted by Gasteiger charge is -2.10. The Morgan fingerprint density at radius 2 is 2.14 bits per heavy atom. The van der Waals surface area contributed by atoms with Crippen molar-refractivity contribution in [1.29, 1.82) is 0 Å². The predicted molar refractivity (Wildman–Crippen MR) is 82.4 cm³/mol. The number of hydrogen-bond donors (Lipinski definition) is 1. The topological polar surface area (TPSA) is 66.0 Å². The van der Waals surface area contributed by atoms with Crippen LogP contribution in [-0.4, -0.2) is 21.1 Å². The Bertz CT molecular complexity index is 751. The number of benzene rings is 1. The Kier molecular flexibility index (Phi) is 3.55. The van der Waals surface area contributed by atoms with Gasteiger partial charge in [0.25, 0.3) is 0 Å². The smallest absolute Gasteiger partial charge is 0.123 e. The third-order valence-electron chi connectivity index (χ3n) is 3.12. The second kappa shape index (κ2) is 5.66. The highest BCUT2D eigenvalue weighted by Gasteiger charge is 2.08. The van der Waals surface area contributed by atoms with Crippen molar-refractivity contribution in [2.45, 2.75) is 6.92 Å². The van der Waals surface area contributed by atoms with Gasteiger partial charge < -0.3 is 10.5 Å². The zero-order valence-electron chi connectivity index (χ0n) is 11.7. The van der Waals surface area contributed by atoms with Crippen LogP contribution < -0.4 is 10.5 Å². The van der Waals surface area contributed by atoms with Gasteiger partial charge >= 0.3 is 0 Å². The first-order valence-corrected chi connectivity index (χ1v) is 6.75. The SMILES string of the molecule is CCOc1cccc(-n2cncc2-c2ccnc(N)c2)c1. The van der Waals surface area contributed by atoms with E-state index in [2.05, 4.69) is 9.97 Å². The number of rotatable bonds is 4. The van der Waals surface area contributed by atoms with E-state index in [1.807, 2.05) is 54.1 Å². The second-order valence-corrected chi connectivity index (χ2v) is 4.55. The minimum atomic E-state index is 0.489. The summed E-state index contributed by atoms with van der Waals surface area (Å²) in [4.78, 5) is 8.26. The molecule has 0 fully saturated rings. The fourth-order valence-corrected chi connectivity index (χ4v) is 2.21. The molecule has 1 aromatic carbocycles. The number of anilines is 1. The molecule has 0 aliphatic carbocycles. The Morgan fingerprint density at radius 3 is 2.95 bits per heavy atom. The van der Waals surface area contributed by atoms with Crippen LogP contribution in [0.25, 0.3) is 16.9 Å². The molecule has 5 heteroatoms. The summed E-state index contributed by atoms with van der Waals surface area (Å²) in [6, 6.07) is 11.6. The van der Waals surface area contributed by atoms with Gasteiger partial charge in [0.15, 0.2) is 0 Å². The lowest BCUT2D eigenvalue weighted by Crippen LogP contribution is -1.98. The summed E-state index contributed by atoms with van der Waals surface area (Å²) in [5, 5.41) is 0. The van der Waals surface area contributed by atoms with Gasteiger partial charge in [-0.3, -0.25) is 4.57 Å². The monoisotopic (exact) mass is 280 g/mol. The van der Waals surface area contributed by atoms with Crippen LogP contribution in [-0.2, 0) is 0 Å². The number of hydrogen-bond acceptors (Lipinski definition) is 4. The van der Waals surface area contributed by atoms with E-state index in [9.17, 15) is 0 Å². The molecular formula is C16H16N4O. The largest absolute Gasteiger partial charge is 0.494 e. The van der Waals surface area contributed by atoms with E-state index in [0.717, 1.165) is 22.7 Å². The number of nitrogens with zero attached hydrogens (tertiary/aromatic N) is 3. The molecule has 0 aliphatic rings. The fraction of sp³-hybridized carbons (Fsp3) is 0.125. The normalized spacial score (nSPS) is 10.5. The Labute approximate surface area is 123 Å². The molecule has 21 heavy (non-hydrogen) atoms. The summed E-state index contributed by atoms with van der Waals surface area (Å²) in [6.07, 6.45) is 5.28. The Morgan fingerprint density at radius 1 is 1.24 bits per heavy atom. The van der Waals surface area contributed by atoms with Crippen LogP contribution in [0.3, 0.4) is 0 Å². The van der Waals surface area contributed by atoms with Crippen LogP contribution >= 0.6 is 0 Å². The lowest BCUT2D eigenvalue weighted by atomic mass is 10.2. The van der Waals surface area contributed by atoms with Crippen molar-refractivity contribution in [2.75, 3.05) is 12.3 Å². The molecule has 0 amide bonds. The van der Waals surface area contributed by atoms with Crippen LogP contribution in [0.2, 0.25) is 0 Å². The standard InChI is InChI=1S/C16H16N4O/c1-2-21-14-5-3-4-13(9-14)20-11-18-10-15(20)12-6-7-19-16(17)8-12/h3-11H,2H2,1H3,(H2,17,19). The number of aromatic nitrogens is 3. The van der Waals surface area contributed by atoms with Gasteiger partial charge in [-0.2, -0.15) is 0 Å². The van der Waals surface area contributed by atoms with E-state index in [-0.39, 0.29) is 0 Å². The van der Waals surface area contributed by atoms with Gasteiger partial charge in [-0.1, -0.05) is 6.07 Å². The first-order valence-electron chi connectivity index (χ1n) is 6.75. The number of imidazole rings is 1. The molecule has 0 unspecified atom stereocenters. The van der Waals surface area contributed by atoms with Crippen LogP contribution in [0.15, 0.2) is 55.1 Å². The van der Waals surface area contributed by atoms with E-state index in [1.165, 1.54) is 0 Å². The van der Waals surface area contributed by atoms with Gasteiger partial charge in [-0.25, -0.2) is 9.97 Å². The summed E-state index contributed by atoms with van der Waals surface area (Å²) in [6.45, 7) is 2.61. The second-order valence-electron chi connectivity index (χ2n) is 4.55. The van der Waals surface area contributed by atoms with Crippen LogP contribution in [0.4, 0.5) is 5.82 Å². The molecule has 0 saturated carbocycles. The van der Waals surface area contributed by atoms with Crippen molar-refractivity contribution in [3.05, 3.63) is 55.1 Å². The minimum absolute atomic E-state index is 0.489. The molecule has 2 heterocycles. The zero-order chi connectivity index (χ0) is 14.7. The van der Waals surface area contributed by atoms with Crippen LogP contribution in [0.5, 0.6) is 5.75 Å². The summed E-state index contributed by atoms with van der Waals surface area (Å²) < 4.78 is 7.54. The summed E-state index contributed by atoms with van der Waals surface area (Å²) in [7, 11) is 0. The average molecular weight is 280 g/mol. The number of pyridine rings is 1. The summed E-state index contributed by atoms with van der Waals surface area (Å²) in [5.74, 6) is 1.33.